The molecule has 0 bridgehead atoms. The summed E-state index contributed by atoms with van der Waals surface area (Å²) in [4.78, 5) is 6.63. The van der Waals surface area contributed by atoms with Crippen LogP contribution in [-0.2, 0) is 5.54 Å². The number of hydrogen-bond acceptors (Lipinski definition) is 5. The SMILES string of the molecule is CCCC(C)(N)c1nc(N2CCCCC2)no1. The van der Waals surface area contributed by atoms with E-state index in [4.69, 9.17) is 10.3 Å². The standard InChI is InChI=1S/C12H22N4O/c1-3-7-12(2,13)10-14-11(15-17-10)16-8-5-4-6-9-16/h3-9,13H2,1-2H3. The topological polar surface area (TPSA) is 68.2 Å². The first-order chi connectivity index (χ1) is 8.13. The molecule has 5 nitrogen and oxygen atoms in total. The molecule has 1 aliphatic heterocycles. The monoisotopic (exact) mass is 238 g/mol. The van der Waals surface area contributed by atoms with Crippen molar-refractivity contribution in [2.75, 3.05) is 18.0 Å². The molecule has 0 radical (unpaired) electrons. The van der Waals surface area contributed by atoms with Crippen molar-refractivity contribution >= 4 is 5.95 Å². The van der Waals surface area contributed by atoms with E-state index in [9.17, 15) is 0 Å². The van der Waals surface area contributed by atoms with E-state index in [1.165, 1.54) is 19.3 Å². The third kappa shape index (κ3) is 2.77. The second-order valence-electron chi connectivity index (χ2n) is 5.11. The van der Waals surface area contributed by atoms with Crippen molar-refractivity contribution in [3.8, 4) is 0 Å². The summed E-state index contributed by atoms with van der Waals surface area (Å²) in [5.41, 5.74) is 5.67. The maximum absolute atomic E-state index is 6.18. The molecule has 1 fully saturated rings. The Bertz CT molecular complexity index is 355. The molecule has 1 saturated heterocycles. The molecule has 2 heterocycles. The fourth-order valence-electron chi connectivity index (χ4n) is 2.30. The number of rotatable bonds is 4. The first-order valence-corrected chi connectivity index (χ1v) is 6.51. The molecule has 17 heavy (non-hydrogen) atoms. The predicted octanol–water partition coefficient (Wildman–Crippen LogP) is 2.03. The zero-order chi connectivity index (χ0) is 12.3. The molecule has 0 spiro atoms. The van der Waals surface area contributed by atoms with Gasteiger partial charge in [-0.1, -0.05) is 13.3 Å². The van der Waals surface area contributed by atoms with Crippen LogP contribution in [0.1, 0.15) is 51.8 Å². The van der Waals surface area contributed by atoms with E-state index in [1.807, 2.05) is 6.92 Å². The molecule has 1 aliphatic rings. The Morgan fingerprint density at radius 1 is 1.35 bits per heavy atom. The molecular formula is C12H22N4O. The maximum atomic E-state index is 6.18. The molecule has 5 heteroatoms. The lowest BCUT2D eigenvalue weighted by Crippen LogP contribution is -2.34. The van der Waals surface area contributed by atoms with Gasteiger partial charge in [0.25, 0.3) is 5.95 Å². The van der Waals surface area contributed by atoms with Gasteiger partial charge in [0.1, 0.15) is 0 Å². The third-order valence-corrected chi connectivity index (χ3v) is 3.31. The molecule has 0 aromatic carbocycles. The highest BCUT2D eigenvalue weighted by Gasteiger charge is 2.28. The Hall–Kier alpha value is -1.10. The van der Waals surface area contributed by atoms with E-state index in [1.54, 1.807) is 0 Å². The summed E-state index contributed by atoms with van der Waals surface area (Å²) in [6.07, 6.45) is 5.58. The molecule has 2 rings (SSSR count). The first kappa shape index (κ1) is 12.4. The fourth-order valence-corrected chi connectivity index (χ4v) is 2.30. The van der Waals surface area contributed by atoms with E-state index in [0.717, 1.165) is 25.9 Å². The van der Waals surface area contributed by atoms with E-state index >= 15 is 0 Å². The summed E-state index contributed by atoms with van der Waals surface area (Å²) in [5.74, 6) is 1.26. The average molecular weight is 238 g/mol. The van der Waals surface area contributed by atoms with Crippen molar-refractivity contribution in [2.45, 2.75) is 51.5 Å². The number of aromatic nitrogens is 2. The van der Waals surface area contributed by atoms with Crippen molar-refractivity contribution in [3.05, 3.63) is 5.89 Å². The van der Waals surface area contributed by atoms with Crippen LogP contribution in [0.2, 0.25) is 0 Å². The Labute approximate surface area is 102 Å². The van der Waals surface area contributed by atoms with Crippen LogP contribution in [0.5, 0.6) is 0 Å². The van der Waals surface area contributed by atoms with E-state index in [2.05, 4.69) is 22.0 Å². The van der Waals surface area contributed by atoms with Crippen molar-refractivity contribution in [3.63, 3.8) is 0 Å². The first-order valence-electron chi connectivity index (χ1n) is 6.51. The van der Waals surface area contributed by atoms with Crippen LogP contribution >= 0.6 is 0 Å². The second-order valence-corrected chi connectivity index (χ2v) is 5.11. The van der Waals surface area contributed by atoms with Crippen molar-refractivity contribution in [2.24, 2.45) is 5.73 Å². The molecule has 1 aromatic rings. The lowest BCUT2D eigenvalue weighted by atomic mass is 9.98. The van der Waals surface area contributed by atoms with Crippen LogP contribution in [0.25, 0.3) is 0 Å². The summed E-state index contributed by atoms with van der Waals surface area (Å²) in [7, 11) is 0. The summed E-state index contributed by atoms with van der Waals surface area (Å²) in [6, 6.07) is 0. The highest BCUT2D eigenvalue weighted by atomic mass is 16.5. The van der Waals surface area contributed by atoms with Crippen LogP contribution in [0, 0.1) is 0 Å². The zero-order valence-electron chi connectivity index (χ0n) is 10.8. The van der Waals surface area contributed by atoms with Crippen LogP contribution < -0.4 is 10.6 Å². The molecule has 2 N–H and O–H groups in total. The zero-order valence-corrected chi connectivity index (χ0v) is 10.8. The van der Waals surface area contributed by atoms with Crippen LogP contribution in [0.15, 0.2) is 4.52 Å². The number of nitrogens with two attached hydrogens (primary N) is 1. The summed E-state index contributed by atoms with van der Waals surface area (Å²) in [5, 5.41) is 4.05. The van der Waals surface area contributed by atoms with Crippen LogP contribution in [0.4, 0.5) is 5.95 Å². The number of nitrogens with zero attached hydrogens (tertiary/aromatic N) is 3. The van der Waals surface area contributed by atoms with Gasteiger partial charge in [-0.25, -0.2) is 0 Å². The molecule has 96 valence electrons. The van der Waals surface area contributed by atoms with Gasteiger partial charge in [0.2, 0.25) is 5.89 Å². The maximum Gasteiger partial charge on any atom is 0.266 e. The van der Waals surface area contributed by atoms with Gasteiger partial charge in [0, 0.05) is 13.1 Å². The Morgan fingerprint density at radius 3 is 2.71 bits per heavy atom. The second kappa shape index (κ2) is 5.04. The van der Waals surface area contributed by atoms with Crippen molar-refractivity contribution < 1.29 is 4.52 Å². The minimum absolute atomic E-state index is 0.504. The largest absolute Gasteiger partial charge is 0.338 e. The van der Waals surface area contributed by atoms with Crippen molar-refractivity contribution in [1.82, 2.24) is 10.1 Å². The summed E-state index contributed by atoms with van der Waals surface area (Å²) < 4.78 is 5.31. The van der Waals surface area contributed by atoms with E-state index < -0.39 is 5.54 Å². The molecule has 0 saturated carbocycles. The van der Waals surface area contributed by atoms with Gasteiger partial charge in [-0.05, 0) is 37.8 Å². The summed E-state index contributed by atoms with van der Waals surface area (Å²) >= 11 is 0. The number of anilines is 1. The van der Waals surface area contributed by atoms with Crippen LogP contribution in [0.3, 0.4) is 0 Å². The van der Waals surface area contributed by atoms with Gasteiger partial charge < -0.3 is 15.2 Å². The third-order valence-electron chi connectivity index (χ3n) is 3.31. The molecule has 1 unspecified atom stereocenters. The van der Waals surface area contributed by atoms with Gasteiger partial charge in [0.05, 0.1) is 5.54 Å². The molecule has 0 amide bonds. The Balaban J connectivity index is 2.09. The molecule has 1 aromatic heterocycles. The Kier molecular flexibility index (Phi) is 3.66. The van der Waals surface area contributed by atoms with E-state index in [-0.39, 0.29) is 0 Å². The Morgan fingerprint density at radius 2 is 2.06 bits per heavy atom. The summed E-state index contributed by atoms with van der Waals surface area (Å²) in [6.45, 7) is 6.10. The number of piperidine rings is 1. The smallest absolute Gasteiger partial charge is 0.266 e. The van der Waals surface area contributed by atoms with E-state index in [0.29, 0.717) is 11.8 Å². The van der Waals surface area contributed by atoms with Gasteiger partial charge >= 0.3 is 0 Å². The minimum Gasteiger partial charge on any atom is -0.338 e. The van der Waals surface area contributed by atoms with Crippen molar-refractivity contribution in [1.29, 1.82) is 0 Å². The van der Waals surface area contributed by atoms with Gasteiger partial charge in [-0.2, -0.15) is 4.98 Å². The lowest BCUT2D eigenvalue weighted by Gasteiger charge is -2.24. The van der Waals surface area contributed by atoms with Crippen LogP contribution in [-0.4, -0.2) is 23.2 Å². The fraction of sp³-hybridized carbons (Fsp3) is 0.833. The van der Waals surface area contributed by atoms with Gasteiger partial charge in [-0.3, -0.25) is 0 Å². The van der Waals surface area contributed by atoms with Gasteiger partial charge in [0.15, 0.2) is 0 Å². The molecule has 1 atom stereocenters. The number of hydrogen-bond donors (Lipinski definition) is 1. The minimum atomic E-state index is -0.504. The molecular weight excluding hydrogens is 216 g/mol. The predicted molar refractivity (Wildman–Crippen MR) is 66.8 cm³/mol. The lowest BCUT2D eigenvalue weighted by molar-refractivity contribution is 0.283. The highest BCUT2D eigenvalue weighted by Crippen LogP contribution is 2.24. The average Bonchev–Trinajstić information content (AvgIpc) is 2.80. The molecule has 0 aliphatic carbocycles. The highest BCUT2D eigenvalue weighted by molar-refractivity contribution is 5.28. The quantitative estimate of drug-likeness (QED) is 0.869. The van der Waals surface area contributed by atoms with Gasteiger partial charge in [-0.15, -0.1) is 0 Å². The normalized spacial score (nSPS) is 20.3.